The molecule has 0 saturated carbocycles. The van der Waals surface area contributed by atoms with Gasteiger partial charge in [0.1, 0.15) is 18.1 Å². The molecule has 0 N–H and O–H groups in total. The van der Waals surface area contributed by atoms with Crippen molar-refractivity contribution < 1.29 is 9.21 Å². The van der Waals surface area contributed by atoms with Crippen molar-refractivity contribution in [3.63, 3.8) is 0 Å². The molecule has 7 nitrogen and oxygen atoms in total. The molecule has 7 heteroatoms. The number of carbonyl (C=O) groups is 1. The maximum Gasteiger partial charge on any atom is 0.346 e. The molecule has 0 radical (unpaired) electrons. The van der Waals surface area contributed by atoms with Gasteiger partial charge in [0.15, 0.2) is 0 Å². The number of hydrogen-bond acceptors (Lipinski definition) is 4. The number of aryl methyl sites for hydroxylation is 1. The van der Waals surface area contributed by atoms with Gasteiger partial charge in [-0.3, -0.25) is 9.36 Å². The van der Waals surface area contributed by atoms with Crippen molar-refractivity contribution in [3.05, 3.63) is 40.5 Å². The van der Waals surface area contributed by atoms with Crippen LogP contribution >= 0.6 is 0 Å². The number of nitrogens with zero attached hydrogens (tertiary/aromatic N) is 4. The summed E-state index contributed by atoms with van der Waals surface area (Å²) in [5.74, 6) is 1.35. The number of hydrogen-bond donors (Lipinski definition) is 0. The summed E-state index contributed by atoms with van der Waals surface area (Å²) in [5, 5.41) is 4.35. The van der Waals surface area contributed by atoms with Crippen LogP contribution in [0.5, 0.6) is 0 Å². The molecule has 1 aliphatic heterocycles. The number of rotatable bonds is 4. The van der Waals surface area contributed by atoms with Gasteiger partial charge in [0.05, 0.1) is 12.3 Å². The molecule has 1 amide bonds. The van der Waals surface area contributed by atoms with Crippen LogP contribution in [0, 0.1) is 0 Å². The van der Waals surface area contributed by atoms with Crippen molar-refractivity contribution in [1.29, 1.82) is 0 Å². The topological polar surface area (TPSA) is 73.3 Å². The summed E-state index contributed by atoms with van der Waals surface area (Å²) in [6.45, 7) is 2.54. The molecule has 124 valence electrons. The fourth-order valence-electron chi connectivity index (χ4n) is 2.90. The quantitative estimate of drug-likeness (QED) is 0.858. The van der Waals surface area contributed by atoms with Gasteiger partial charge in [0.2, 0.25) is 5.91 Å². The Labute approximate surface area is 134 Å². The minimum atomic E-state index is -0.186. The zero-order valence-corrected chi connectivity index (χ0v) is 13.6. The van der Waals surface area contributed by atoms with Crippen LogP contribution < -0.4 is 5.69 Å². The normalized spacial score (nSPS) is 15.7. The van der Waals surface area contributed by atoms with Crippen LogP contribution in [0.2, 0.25) is 0 Å². The average molecular weight is 318 g/mol. The van der Waals surface area contributed by atoms with Gasteiger partial charge in [0, 0.05) is 20.0 Å². The largest absolute Gasteiger partial charge is 0.467 e. The van der Waals surface area contributed by atoms with Crippen molar-refractivity contribution in [3.8, 4) is 0 Å². The highest BCUT2D eigenvalue weighted by atomic mass is 16.3. The van der Waals surface area contributed by atoms with E-state index in [2.05, 4.69) is 5.10 Å². The summed E-state index contributed by atoms with van der Waals surface area (Å²) in [7, 11) is 1.71. The predicted octanol–water partition coefficient (Wildman–Crippen LogP) is 1.58. The highest BCUT2D eigenvalue weighted by Gasteiger charge is 2.22. The summed E-state index contributed by atoms with van der Waals surface area (Å²) >= 11 is 0. The second kappa shape index (κ2) is 6.44. The third-order valence-corrected chi connectivity index (χ3v) is 4.50. The summed E-state index contributed by atoms with van der Waals surface area (Å²) in [4.78, 5) is 26.4. The monoisotopic (exact) mass is 318 g/mol. The molecule has 2 aromatic heterocycles. The molecule has 23 heavy (non-hydrogen) atoms. The average Bonchev–Trinajstić information content (AvgIpc) is 3.10. The first-order valence-electron chi connectivity index (χ1n) is 8.03. The van der Waals surface area contributed by atoms with E-state index < -0.39 is 0 Å². The number of fused-ring (bicyclic) bond motifs is 1. The Hall–Kier alpha value is -2.31. The molecular formula is C16H22N4O3. The molecule has 1 aliphatic rings. The van der Waals surface area contributed by atoms with Crippen LogP contribution in [0.1, 0.15) is 43.8 Å². The van der Waals surface area contributed by atoms with E-state index in [1.807, 2.05) is 13.0 Å². The lowest BCUT2D eigenvalue weighted by molar-refractivity contribution is -0.133. The molecule has 0 aliphatic carbocycles. The van der Waals surface area contributed by atoms with Crippen LogP contribution in [0.25, 0.3) is 0 Å². The van der Waals surface area contributed by atoms with Crippen molar-refractivity contribution in [2.24, 2.45) is 0 Å². The first-order chi connectivity index (χ1) is 11.1. The summed E-state index contributed by atoms with van der Waals surface area (Å²) in [6, 6.07) is 3.44. The molecule has 1 unspecified atom stereocenters. The predicted molar refractivity (Wildman–Crippen MR) is 83.9 cm³/mol. The molecule has 0 saturated heterocycles. The lowest BCUT2D eigenvalue weighted by Crippen LogP contribution is -2.36. The molecule has 0 fully saturated rings. The van der Waals surface area contributed by atoms with Crippen LogP contribution in [0.4, 0.5) is 0 Å². The number of furan rings is 1. The van der Waals surface area contributed by atoms with Crippen LogP contribution in [0.3, 0.4) is 0 Å². The number of carbonyl (C=O) groups excluding carboxylic acids is 1. The van der Waals surface area contributed by atoms with E-state index in [1.54, 1.807) is 28.8 Å². The number of likely N-dealkylation sites (N-methyl/N-ethyl adjacent to an activating group) is 1. The van der Waals surface area contributed by atoms with E-state index in [9.17, 15) is 9.59 Å². The lowest BCUT2D eigenvalue weighted by atomic mass is 10.2. The molecule has 0 aromatic carbocycles. The molecule has 3 rings (SSSR count). The van der Waals surface area contributed by atoms with Crippen molar-refractivity contribution >= 4 is 5.91 Å². The molecular weight excluding hydrogens is 296 g/mol. The van der Waals surface area contributed by atoms with Gasteiger partial charge in [-0.25, -0.2) is 9.48 Å². The van der Waals surface area contributed by atoms with Gasteiger partial charge < -0.3 is 9.32 Å². The van der Waals surface area contributed by atoms with Crippen LogP contribution in [-0.4, -0.2) is 32.2 Å². The fraction of sp³-hybridized carbons (Fsp3) is 0.562. The second-order valence-electron chi connectivity index (χ2n) is 6.01. The Bertz CT molecular complexity index is 729. The molecule has 1 atom stereocenters. The van der Waals surface area contributed by atoms with Crippen molar-refractivity contribution in [2.45, 2.75) is 51.7 Å². The highest BCUT2D eigenvalue weighted by Crippen LogP contribution is 2.19. The van der Waals surface area contributed by atoms with Crippen molar-refractivity contribution in [2.75, 3.05) is 7.05 Å². The first-order valence-corrected chi connectivity index (χ1v) is 8.03. The van der Waals surface area contributed by atoms with Gasteiger partial charge in [-0.1, -0.05) is 6.42 Å². The van der Waals surface area contributed by atoms with Crippen LogP contribution in [-0.2, 0) is 24.3 Å². The third-order valence-electron chi connectivity index (χ3n) is 4.50. The molecule has 0 spiro atoms. The Kier molecular flexibility index (Phi) is 4.36. The number of aromatic nitrogens is 3. The Morgan fingerprint density at radius 2 is 2.26 bits per heavy atom. The SMILES string of the molecule is CC(c1ccco1)N(C)C(=O)Cn1nc2n(c1=O)CCCCC2. The summed E-state index contributed by atoms with van der Waals surface area (Å²) < 4.78 is 8.33. The Balaban J connectivity index is 1.74. The standard InChI is InChI=1S/C16H22N4O3/c1-12(13-7-6-10-23-13)18(2)15(21)11-20-16(22)19-9-5-3-4-8-14(19)17-20/h6-7,10,12H,3-5,8-9,11H2,1-2H3. The van der Waals surface area contributed by atoms with E-state index in [-0.39, 0.29) is 24.2 Å². The zero-order chi connectivity index (χ0) is 16.4. The summed E-state index contributed by atoms with van der Waals surface area (Å²) in [6.07, 6.45) is 5.53. The zero-order valence-electron chi connectivity index (χ0n) is 13.6. The Morgan fingerprint density at radius 3 is 3.00 bits per heavy atom. The van der Waals surface area contributed by atoms with Crippen LogP contribution in [0.15, 0.2) is 27.6 Å². The molecule has 3 heterocycles. The Morgan fingerprint density at radius 1 is 1.43 bits per heavy atom. The lowest BCUT2D eigenvalue weighted by Gasteiger charge is -2.23. The summed E-state index contributed by atoms with van der Waals surface area (Å²) in [5.41, 5.74) is -0.186. The van der Waals surface area contributed by atoms with Crippen molar-refractivity contribution in [1.82, 2.24) is 19.2 Å². The van der Waals surface area contributed by atoms with Gasteiger partial charge >= 0.3 is 5.69 Å². The number of amides is 1. The highest BCUT2D eigenvalue weighted by molar-refractivity contribution is 5.76. The molecule has 0 bridgehead atoms. The smallest absolute Gasteiger partial charge is 0.346 e. The van der Waals surface area contributed by atoms with E-state index in [4.69, 9.17) is 4.42 Å². The third kappa shape index (κ3) is 3.09. The van der Waals surface area contributed by atoms with Gasteiger partial charge in [0.25, 0.3) is 0 Å². The second-order valence-corrected chi connectivity index (χ2v) is 6.01. The van der Waals surface area contributed by atoms with E-state index in [0.29, 0.717) is 12.3 Å². The molecule has 2 aromatic rings. The van der Waals surface area contributed by atoms with E-state index in [1.165, 1.54) is 4.68 Å². The van der Waals surface area contributed by atoms with Gasteiger partial charge in [-0.15, -0.1) is 0 Å². The maximum absolute atomic E-state index is 12.5. The van der Waals surface area contributed by atoms with Gasteiger partial charge in [-0.2, -0.15) is 5.10 Å². The van der Waals surface area contributed by atoms with Gasteiger partial charge in [-0.05, 0) is 31.9 Å². The minimum Gasteiger partial charge on any atom is -0.467 e. The van der Waals surface area contributed by atoms with E-state index >= 15 is 0 Å². The minimum absolute atomic E-state index is 0.0413. The fourth-order valence-corrected chi connectivity index (χ4v) is 2.90. The first kappa shape index (κ1) is 15.6. The maximum atomic E-state index is 12.5. The van der Waals surface area contributed by atoms with E-state index in [0.717, 1.165) is 31.5 Å².